The number of hydrogen-bond acceptors (Lipinski definition) is 13. The van der Waals surface area contributed by atoms with Crippen molar-refractivity contribution in [3.05, 3.63) is 71.1 Å². The van der Waals surface area contributed by atoms with Crippen LogP contribution in [-0.4, -0.2) is 110 Å². The Balaban J connectivity index is 1.24. The normalized spacial score (nSPS) is 23.5. The van der Waals surface area contributed by atoms with Crippen molar-refractivity contribution in [2.75, 3.05) is 13.1 Å². The highest BCUT2D eigenvalue weighted by atomic mass is 32.1. The van der Waals surface area contributed by atoms with Crippen LogP contribution in [0.25, 0.3) is 30.4 Å². The van der Waals surface area contributed by atoms with Gasteiger partial charge in [-0.3, -0.25) is 38.4 Å². The predicted molar refractivity (Wildman–Crippen MR) is 258 cm³/mol. The van der Waals surface area contributed by atoms with Gasteiger partial charge in [0.15, 0.2) is 0 Å². The van der Waals surface area contributed by atoms with Gasteiger partial charge >= 0.3 is 0 Å². The lowest BCUT2D eigenvalue weighted by Crippen LogP contribution is -2.60. The molecule has 0 bridgehead atoms. The van der Waals surface area contributed by atoms with Gasteiger partial charge in [-0.05, 0) is 71.2 Å². The van der Waals surface area contributed by atoms with Crippen LogP contribution in [0.3, 0.4) is 0 Å². The van der Waals surface area contributed by atoms with Crippen molar-refractivity contribution < 1.29 is 38.4 Å². The van der Waals surface area contributed by atoms with E-state index >= 15 is 4.79 Å². The molecule has 0 radical (unpaired) electrons. The minimum atomic E-state index is -1.48. The molecule has 1 aromatic carbocycles. The van der Waals surface area contributed by atoms with Gasteiger partial charge in [0.2, 0.25) is 47.3 Å². The maximum atomic E-state index is 15.0. The number of benzene rings is 1. The molecule has 4 aromatic heterocycles. The second kappa shape index (κ2) is 22.5. The fourth-order valence-electron chi connectivity index (χ4n) is 8.35. The van der Waals surface area contributed by atoms with E-state index in [2.05, 4.69) is 36.9 Å². The summed E-state index contributed by atoms with van der Waals surface area (Å²) in [7, 11) is 0. The largest absolute Gasteiger partial charge is 0.370 e. The number of carbonyl (C=O) groups is 8. The minimum Gasteiger partial charge on any atom is -0.370 e. The molecule has 0 saturated carbocycles. The number of nitrogens with one attached hydrogen (secondary N) is 5. The molecule has 8 amide bonds. The Kier molecular flexibility index (Phi) is 16.4. The van der Waals surface area contributed by atoms with E-state index in [1.54, 1.807) is 40.5 Å². The summed E-state index contributed by atoms with van der Waals surface area (Å²) >= 11 is 4.65. The van der Waals surface area contributed by atoms with Crippen molar-refractivity contribution in [2.45, 2.75) is 108 Å². The molecule has 7 atom stereocenters. The Morgan fingerprint density at radius 2 is 1.60 bits per heavy atom. The van der Waals surface area contributed by atoms with Gasteiger partial charge in [-0.15, -0.1) is 39.1 Å². The Labute approximate surface area is 404 Å². The predicted octanol–water partition coefficient (Wildman–Crippen LogP) is 2.76. The maximum Gasteiger partial charge on any atom is 0.246 e. The molecule has 0 unspecified atom stereocenters. The molecule has 19 nitrogen and oxygen atoms in total. The molecule has 6 heterocycles. The Morgan fingerprint density at radius 1 is 0.838 bits per heavy atom. The van der Waals surface area contributed by atoms with Crippen molar-refractivity contribution in [1.29, 1.82) is 0 Å². The summed E-state index contributed by atoms with van der Waals surface area (Å²) in [5, 5.41) is 27.3. The molecule has 68 heavy (non-hydrogen) atoms. The summed E-state index contributed by atoms with van der Waals surface area (Å²) in [6.45, 7) is 3.71. The topological polar surface area (TPSA) is 283 Å². The number of carbonyl (C=O) groups excluding carboxylic acids is 8. The molecule has 2 saturated heterocycles. The maximum absolute atomic E-state index is 15.0. The monoisotopic (exact) mass is 985 g/mol. The van der Waals surface area contributed by atoms with Crippen molar-refractivity contribution in [2.24, 2.45) is 17.4 Å². The first-order valence-corrected chi connectivity index (χ1v) is 25.1. The standard InChI is InChI=1S/C46H55N11O8S3/c1-3-25(2)41-46(65)56-22-27(57-23-32(54-55-57)35-13-14-37(68-35)36-12-8-18-66-36)20-33(56)45(64)52-30(19-26-24-67-34-11-5-4-9-28(26)34)43(62)51-29(42(48)61)10-6-7-17-49-39(59)15-16-40(60)50-31(21-38(47)58)44(63)53-41/h4-5,8-9,11-14,18,23-25,27,29-31,33,41H,3,6-7,10,15-17,19-22H2,1-2H3,(H2,47,58)(H2,48,61)(H,49,59)(H,50,60)(H,51,62)(H,52,64)(H,53,63)/t25-,27-,29-,30-,31-,33-,41-/m0/s1. The lowest BCUT2D eigenvalue weighted by Gasteiger charge is -2.32. The fourth-order valence-corrected chi connectivity index (χ4v) is 11.1. The number of hydrogen-bond donors (Lipinski definition) is 7. The fraction of sp³-hybridized carbons (Fsp3) is 0.435. The summed E-state index contributed by atoms with van der Waals surface area (Å²) in [4.78, 5) is 113. The number of amides is 8. The molecule has 0 aliphatic carbocycles. The third kappa shape index (κ3) is 12.1. The lowest BCUT2D eigenvalue weighted by atomic mass is 9.96. The molecule has 0 spiro atoms. The number of nitrogens with zero attached hydrogens (tertiary/aromatic N) is 4. The molecular weight excluding hydrogens is 931 g/mol. The molecule has 5 aromatic rings. The van der Waals surface area contributed by atoms with Crippen LogP contribution in [0, 0.1) is 5.92 Å². The molecule has 2 aliphatic rings. The zero-order valence-electron chi connectivity index (χ0n) is 37.6. The number of aromatic nitrogens is 3. The van der Waals surface area contributed by atoms with Gasteiger partial charge in [0.25, 0.3) is 0 Å². The minimum absolute atomic E-state index is 0.0302. The first-order chi connectivity index (χ1) is 32.7. The smallest absolute Gasteiger partial charge is 0.246 e. The second-order valence-corrected chi connectivity index (χ2v) is 20.1. The SMILES string of the molecule is CC[C@H](C)[C@@H]1NC(=O)[C@H](CC(N)=O)NC(=O)CCC(=O)NCCCC[C@@H](C(N)=O)NC(=O)[C@H](Cc2csc3ccccc23)NC(=O)[C@@H]2C[C@H](n3cc(-c4ccc(-c5cccs5)s4)nn3)CN2C1=O. The van der Waals surface area contributed by atoms with Gasteiger partial charge in [0, 0.05) is 53.2 Å². The van der Waals surface area contributed by atoms with E-state index in [1.807, 2.05) is 66.2 Å². The van der Waals surface area contributed by atoms with Crippen LogP contribution in [0.15, 0.2) is 65.5 Å². The van der Waals surface area contributed by atoms with E-state index in [0.29, 0.717) is 25.0 Å². The van der Waals surface area contributed by atoms with Crippen LogP contribution in [0.1, 0.15) is 76.8 Å². The molecule has 360 valence electrons. The van der Waals surface area contributed by atoms with E-state index in [1.165, 1.54) is 16.2 Å². The van der Waals surface area contributed by atoms with Crippen molar-refractivity contribution in [3.8, 4) is 20.3 Å². The highest BCUT2D eigenvalue weighted by Gasteiger charge is 2.45. The molecule has 7 rings (SSSR count). The lowest BCUT2D eigenvalue weighted by molar-refractivity contribution is -0.143. The molecule has 2 fully saturated rings. The number of thiophene rings is 3. The van der Waals surface area contributed by atoms with Crippen LogP contribution in [0.5, 0.6) is 0 Å². The van der Waals surface area contributed by atoms with Crippen LogP contribution in [0.4, 0.5) is 0 Å². The van der Waals surface area contributed by atoms with E-state index in [-0.39, 0.29) is 45.2 Å². The number of primary amides is 2. The first-order valence-electron chi connectivity index (χ1n) is 22.5. The number of nitrogens with two attached hydrogens (primary N) is 2. The van der Waals surface area contributed by atoms with Crippen LogP contribution >= 0.6 is 34.0 Å². The first kappa shape index (κ1) is 49.4. The second-order valence-electron chi connectivity index (χ2n) is 17.1. The third-order valence-electron chi connectivity index (χ3n) is 12.3. The van der Waals surface area contributed by atoms with Crippen LogP contribution in [0.2, 0.25) is 0 Å². The van der Waals surface area contributed by atoms with Crippen molar-refractivity contribution in [3.63, 3.8) is 0 Å². The molecular formula is C46H55N11O8S3. The Hall–Kier alpha value is -6.52. The van der Waals surface area contributed by atoms with Gasteiger partial charge in [0.05, 0.1) is 23.5 Å². The number of rotatable bonds is 10. The third-order valence-corrected chi connectivity index (χ3v) is 15.5. The summed E-state index contributed by atoms with van der Waals surface area (Å²) < 4.78 is 2.57. The number of fused-ring (bicyclic) bond motifs is 2. The van der Waals surface area contributed by atoms with Gasteiger partial charge in [0.1, 0.15) is 35.9 Å². The summed E-state index contributed by atoms with van der Waals surface area (Å²) in [5.41, 5.74) is 12.7. The van der Waals surface area contributed by atoms with E-state index < -0.39 is 95.8 Å². The van der Waals surface area contributed by atoms with E-state index in [9.17, 15) is 33.6 Å². The average Bonchev–Trinajstić information content (AvgIpc) is 4.18. The Morgan fingerprint density at radius 3 is 2.35 bits per heavy atom. The molecule has 9 N–H and O–H groups in total. The van der Waals surface area contributed by atoms with Crippen molar-refractivity contribution in [1.82, 2.24) is 46.5 Å². The average molecular weight is 986 g/mol. The van der Waals surface area contributed by atoms with E-state index in [0.717, 1.165) is 30.3 Å². The van der Waals surface area contributed by atoms with Gasteiger partial charge < -0.3 is 43.0 Å². The van der Waals surface area contributed by atoms with Gasteiger partial charge in [-0.2, -0.15) is 0 Å². The molecule has 22 heteroatoms. The highest BCUT2D eigenvalue weighted by molar-refractivity contribution is 7.23. The van der Waals surface area contributed by atoms with Gasteiger partial charge in [-0.25, -0.2) is 4.68 Å². The summed E-state index contributed by atoms with van der Waals surface area (Å²) in [6, 6.07) is 8.72. The van der Waals surface area contributed by atoms with Crippen molar-refractivity contribution >= 4 is 91.4 Å². The zero-order chi connectivity index (χ0) is 48.5. The summed E-state index contributed by atoms with van der Waals surface area (Å²) in [5.74, 6) is -6.19. The zero-order valence-corrected chi connectivity index (χ0v) is 40.1. The quantitative estimate of drug-likeness (QED) is 0.107. The highest BCUT2D eigenvalue weighted by Crippen LogP contribution is 2.37. The van der Waals surface area contributed by atoms with Gasteiger partial charge in [-0.1, -0.05) is 49.7 Å². The van der Waals surface area contributed by atoms with Crippen LogP contribution < -0.4 is 38.1 Å². The summed E-state index contributed by atoms with van der Waals surface area (Å²) in [6.07, 6.45) is 1.98. The Bertz CT molecular complexity index is 2640. The van der Waals surface area contributed by atoms with Crippen LogP contribution in [-0.2, 0) is 44.8 Å². The molecule has 2 aliphatic heterocycles. The van der Waals surface area contributed by atoms with E-state index in [4.69, 9.17) is 11.5 Å².